The van der Waals surface area contributed by atoms with Crippen molar-refractivity contribution < 1.29 is 5.11 Å². The third-order valence-corrected chi connectivity index (χ3v) is 2.66. The van der Waals surface area contributed by atoms with E-state index >= 15 is 0 Å². The van der Waals surface area contributed by atoms with Crippen molar-refractivity contribution in [1.82, 2.24) is 0 Å². The first-order valence-electron chi connectivity index (χ1n) is 5.26. The van der Waals surface area contributed by atoms with Crippen molar-refractivity contribution in [3.63, 3.8) is 0 Å². The highest BCUT2D eigenvalue weighted by Gasteiger charge is 2.11. The normalized spacial score (nSPS) is 11.7. The van der Waals surface area contributed by atoms with Gasteiger partial charge in [-0.05, 0) is 55.5 Å². The van der Waals surface area contributed by atoms with Crippen molar-refractivity contribution in [3.8, 4) is 17.6 Å². The summed E-state index contributed by atoms with van der Waals surface area (Å²) >= 11 is 0. The van der Waals surface area contributed by atoms with Gasteiger partial charge in [0.1, 0.15) is 5.75 Å². The lowest BCUT2D eigenvalue weighted by Crippen LogP contribution is -1.99. The third-order valence-electron chi connectivity index (χ3n) is 2.66. The van der Waals surface area contributed by atoms with Crippen LogP contribution in [-0.2, 0) is 0 Å². The van der Waals surface area contributed by atoms with Crippen LogP contribution in [0.2, 0.25) is 0 Å². The van der Waals surface area contributed by atoms with E-state index in [4.69, 9.17) is 0 Å². The van der Waals surface area contributed by atoms with Crippen molar-refractivity contribution in [3.05, 3.63) is 28.8 Å². The molecule has 0 bridgehead atoms. The summed E-state index contributed by atoms with van der Waals surface area (Å²) in [5.41, 5.74) is 3.62. The summed E-state index contributed by atoms with van der Waals surface area (Å²) in [4.78, 5) is 0. The molecule has 0 aliphatic heterocycles. The molecule has 1 nitrogen and oxygen atoms in total. The Hall–Kier alpha value is -1.42. The second kappa shape index (κ2) is 4.89. The first kappa shape index (κ1) is 11.7. The maximum atomic E-state index is 9.45. The van der Waals surface area contributed by atoms with Gasteiger partial charge in [0.2, 0.25) is 0 Å². The van der Waals surface area contributed by atoms with Gasteiger partial charge in [0.25, 0.3) is 0 Å². The van der Waals surface area contributed by atoms with Gasteiger partial charge >= 0.3 is 0 Å². The maximum absolute atomic E-state index is 9.45. The van der Waals surface area contributed by atoms with Crippen LogP contribution in [0.5, 0.6) is 5.75 Å². The molecule has 1 N–H and O–H groups in total. The molecule has 0 aliphatic rings. The SMILES string of the molecule is CC#CCC(C)c1c(C)cc(O)cc1C. The lowest BCUT2D eigenvalue weighted by molar-refractivity contribution is 0.474. The fourth-order valence-electron chi connectivity index (χ4n) is 2.09. The molecule has 0 spiro atoms. The fraction of sp³-hybridized carbons (Fsp3) is 0.429. The Morgan fingerprint density at radius 3 is 2.27 bits per heavy atom. The predicted molar refractivity (Wildman–Crippen MR) is 64.1 cm³/mol. The first-order chi connectivity index (χ1) is 7.06. The fourth-order valence-corrected chi connectivity index (χ4v) is 2.09. The minimum absolute atomic E-state index is 0.350. The van der Waals surface area contributed by atoms with Gasteiger partial charge in [0, 0.05) is 6.42 Å². The van der Waals surface area contributed by atoms with E-state index in [9.17, 15) is 5.11 Å². The van der Waals surface area contributed by atoms with E-state index in [1.54, 1.807) is 0 Å². The molecule has 0 aromatic heterocycles. The van der Waals surface area contributed by atoms with Gasteiger partial charge in [-0.2, -0.15) is 0 Å². The minimum Gasteiger partial charge on any atom is -0.508 e. The molecule has 0 saturated heterocycles. The van der Waals surface area contributed by atoms with Gasteiger partial charge in [-0.1, -0.05) is 6.92 Å². The molecule has 1 atom stereocenters. The summed E-state index contributed by atoms with van der Waals surface area (Å²) < 4.78 is 0. The van der Waals surface area contributed by atoms with E-state index in [1.165, 1.54) is 5.56 Å². The Bertz CT molecular complexity index is 384. The number of phenolic OH excluding ortho intramolecular Hbond substituents is 1. The average Bonchev–Trinajstić information content (AvgIpc) is 2.12. The van der Waals surface area contributed by atoms with Gasteiger partial charge in [0.05, 0.1) is 0 Å². The topological polar surface area (TPSA) is 20.2 Å². The molecule has 1 heteroatoms. The number of aromatic hydroxyl groups is 1. The monoisotopic (exact) mass is 202 g/mol. The van der Waals surface area contributed by atoms with Gasteiger partial charge in [-0.25, -0.2) is 0 Å². The second-order valence-corrected chi connectivity index (χ2v) is 4.03. The molecule has 1 aromatic carbocycles. The summed E-state index contributed by atoms with van der Waals surface area (Å²) in [5.74, 6) is 6.80. The van der Waals surface area contributed by atoms with E-state index in [2.05, 4.69) is 18.8 Å². The molecule has 15 heavy (non-hydrogen) atoms. The highest BCUT2D eigenvalue weighted by molar-refractivity contribution is 5.42. The van der Waals surface area contributed by atoms with E-state index in [0.29, 0.717) is 11.7 Å². The summed E-state index contributed by atoms with van der Waals surface area (Å²) in [7, 11) is 0. The van der Waals surface area contributed by atoms with Gasteiger partial charge < -0.3 is 5.11 Å². The van der Waals surface area contributed by atoms with E-state index in [0.717, 1.165) is 17.5 Å². The molecule has 80 valence electrons. The Morgan fingerprint density at radius 2 is 1.80 bits per heavy atom. The van der Waals surface area contributed by atoms with Crippen molar-refractivity contribution >= 4 is 0 Å². The highest BCUT2D eigenvalue weighted by Crippen LogP contribution is 2.29. The van der Waals surface area contributed by atoms with Crippen LogP contribution < -0.4 is 0 Å². The molecule has 0 amide bonds. The molecular weight excluding hydrogens is 184 g/mol. The molecular formula is C14H18O. The van der Waals surface area contributed by atoms with E-state index in [1.807, 2.05) is 32.9 Å². The van der Waals surface area contributed by atoms with Crippen molar-refractivity contribution in [2.75, 3.05) is 0 Å². The minimum atomic E-state index is 0.350. The van der Waals surface area contributed by atoms with Gasteiger partial charge in [-0.3, -0.25) is 0 Å². The number of aryl methyl sites for hydroxylation is 2. The number of hydrogen-bond acceptors (Lipinski definition) is 1. The quantitative estimate of drug-likeness (QED) is 0.727. The molecule has 1 rings (SSSR count). The van der Waals surface area contributed by atoms with Crippen molar-refractivity contribution in [2.45, 2.75) is 40.0 Å². The van der Waals surface area contributed by atoms with Gasteiger partial charge in [0.15, 0.2) is 0 Å². The van der Waals surface area contributed by atoms with Crippen LogP contribution in [0.3, 0.4) is 0 Å². The number of phenols is 1. The van der Waals surface area contributed by atoms with Crippen LogP contribution in [0.25, 0.3) is 0 Å². The molecule has 0 heterocycles. The molecule has 1 aromatic rings. The van der Waals surface area contributed by atoms with Crippen LogP contribution in [0.1, 0.15) is 42.9 Å². The summed E-state index contributed by atoms with van der Waals surface area (Å²) in [5, 5.41) is 9.45. The zero-order chi connectivity index (χ0) is 11.4. The van der Waals surface area contributed by atoms with Gasteiger partial charge in [-0.15, -0.1) is 11.8 Å². The second-order valence-electron chi connectivity index (χ2n) is 4.03. The van der Waals surface area contributed by atoms with Crippen LogP contribution in [0.15, 0.2) is 12.1 Å². The molecule has 1 unspecified atom stereocenters. The Labute approximate surface area is 92.1 Å². The molecule has 0 fully saturated rings. The molecule has 0 radical (unpaired) electrons. The van der Waals surface area contributed by atoms with Crippen LogP contribution in [0.4, 0.5) is 0 Å². The zero-order valence-electron chi connectivity index (χ0n) is 9.89. The first-order valence-corrected chi connectivity index (χ1v) is 5.26. The molecule has 0 saturated carbocycles. The van der Waals surface area contributed by atoms with Crippen molar-refractivity contribution in [2.24, 2.45) is 0 Å². The highest BCUT2D eigenvalue weighted by atomic mass is 16.3. The maximum Gasteiger partial charge on any atom is 0.116 e. The standard InChI is InChI=1S/C14H18O/c1-5-6-7-10(2)14-11(3)8-13(15)9-12(14)4/h8-10,15H,7H2,1-4H3. The number of benzene rings is 1. The molecule has 0 aliphatic carbocycles. The third kappa shape index (κ3) is 2.76. The Balaban J connectivity index is 3.06. The van der Waals surface area contributed by atoms with Crippen LogP contribution >= 0.6 is 0 Å². The van der Waals surface area contributed by atoms with Crippen molar-refractivity contribution in [1.29, 1.82) is 0 Å². The number of hydrogen-bond donors (Lipinski definition) is 1. The van der Waals surface area contributed by atoms with Crippen LogP contribution in [0, 0.1) is 25.7 Å². The zero-order valence-corrected chi connectivity index (χ0v) is 9.89. The lowest BCUT2D eigenvalue weighted by Gasteiger charge is -2.15. The summed E-state index contributed by atoms with van der Waals surface area (Å²) in [6.45, 7) is 8.12. The smallest absolute Gasteiger partial charge is 0.116 e. The van der Waals surface area contributed by atoms with E-state index < -0.39 is 0 Å². The summed E-state index contributed by atoms with van der Waals surface area (Å²) in [6, 6.07) is 3.64. The Morgan fingerprint density at radius 1 is 1.27 bits per heavy atom. The van der Waals surface area contributed by atoms with E-state index in [-0.39, 0.29) is 0 Å². The number of rotatable bonds is 2. The van der Waals surface area contributed by atoms with Crippen LogP contribution in [-0.4, -0.2) is 5.11 Å². The average molecular weight is 202 g/mol. The predicted octanol–water partition coefficient (Wildman–Crippen LogP) is 3.53. The Kier molecular flexibility index (Phi) is 3.80. The largest absolute Gasteiger partial charge is 0.508 e. The summed E-state index contributed by atoms with van der Waals surface area (Å²) in [6.07, 6.45) is 0.878. The lowest BCUT2D eigenvalue weighted by atomic mass is 9.90.